The topological polar surface area (TPSA) is 55.7 Å². The Morgan fingerprint density at radius 2 is 1.63 bits per heavy atom. The summed E-state index contributed by atoms with van der Waals surface area (Å²) in [5, 5.41) is 3.38. The molecule has 1 aliphatic rings. The third-order valence-corrected chi connectivity index (χ3v) is 5.41. The Kier molecular flexibility index (Phi) is 5.87. The summed E-state index contributed by atoms with van der Waals surface area (Å²) < 4.78 is 13.1. The van der Waals surface area contributed by atoms with Crippen LogP contribution in [0.3, 0.4) is 0 Å². The summed E-state index contributed by atoms with van der Waals surface area (Å²) in [4.78, 5) is 14.6. The number of aryl methyl sites for hydroxylation is 1. The lowest BCUT2D eigenvalue weighted by molar-refractivity contribution is 0.226. The minimum Gasteiger partial charge on any atom is -0.496 e. The molecule has 0 saturated carbocycles. The van der Waals surface area contributed by atoms with Crippen molar-refractivity contribution in [2.24, 2.45) is 7.05 Å². The maximum Gasteiger partial charge on any atom is 0.253 e. The van der Waals surface area contributed by atoms with E-state index in [1.54, 1.807) is 25.8 Å². The van der Waals surface area contributed by atoms with Crippen LogP contribution >= 0.6 is 0 Å². The number of aromatic nitrogens is 1. The van der Waals surface area contributed by atoms with Gasteiger partial charge >= 0.3 is 0 Å². The normalized spacial score (nSPS) is 15.0. The highest BCUT2D eigenvalue weighted by Crippen LogP contribution is 2.37. The van der Waals surface area contributed by atoms with Crippen molar-refractivity contribution in [2.75, 3.05) is 40.4 Å². The number of hydrogen-bond donors (Lipinski definition) is 1. The Labute approximate surface area is 160 Å². The molecule has 27 heavy (non-hydrogen) atoms. The van der Waals surface area contributed by atoms with Crippen molar-refractivity contribution in [2.45, 2.75) is 20.4 Å². The van der Waals surface area contributed by atoms with Crippen molar-refractivity contribution in [3.05, 3.63) is 45.4 Å². The maximum absolute atomic E-state index is 12.2. The Morgan fingerprint density at radius 1 is 1.04 bits per heavy atom. The molecule has 6 heteroatoms. The highest BCUT2D eigenvalue weighted by molar-refractivity contribution is 5.71. The molecule has 0 amide bonds. The highest BCUT2D eigenvalue weighted by Gasteiger charge is 2.19. The van der Waals surface area contributed by atoms with Crippen LogP contribution in [0.25, 0.3) is 11.1 Å². The SMILES string of the molecule is COc1cc(-c2cc(C)c(=O)n(C)c2C)cc(OC)c1CN1CCNCC1. The first-order chi connectivity index (χ1) is 13.0. The molecule has 1 fully saturated rings. The van der Waals surface area contributed by atoms with Gasteiger partial charge in [-0.1, -0.05) is 0 Å². The van der Waals surface area contributed by atoms with Gasteiger partial charge in [-0.15, -0.1) is 0 Å². The van der Waals surface area contributed by atoms with Gasteiger partial charge in [0.15, 0.2) is 0 Å². The summed E-state index contributed by atoms with van der Waals surface area (Å²) in [6.45, 7) is 8.61. The van der Waals surface area contributed by atoms with E-state index in [-0.39, 0.29) is 5.56 Å². The van der Waals surface area contributed by atoms with Crippen LogP contribution in [-0.4, -0.2) is 49.9 Å². The number of nitrogens with one attached hydrogen (secondary N) is 1. The average Bonchev–Trinajstić information content (AvgIpc) is 2.70. The lowest BCUT2D eigenvalue weighted by Gasteiger charge is -2.28. The first kappa shape index (κ1) is 19.5. The fraction of sp³-hybridized carbons (Fsp3) is 0.476. The molecule has 1 aromatic carbocycles. The molecule has 2 heterocycles. The second kappa shape index (κ2) is 8.15. The van der Waals surface area contributed by atoms with Crippen molar-refractivity contribution in [3.63, 3.8) is 0 Å². The lowest BCUT2D eigenvalue weighted by atomic mass is 9.99. The number of methoxy groups -OCH3 is 2. The lowest BCUT2D eigenvalue weighted by Crippen LogP contribution is -2.43. The third-order valence-electron chi connectivity index (χ3n) is 5.41. The van der Waals surface area contributed by atoms with Gasteiger partial charge in [0.1, 0.15) is 11.5 Å². The van der Waals surface area contributed by atoms with Crippen LogP contribution in [-0.2, 0) is 13.6 Å². The Balaban J connectivity index is 2.07. The van der Waals surface area contributed by atoms with E-state index < -0.39 is 0 Å². The van der Waals surface area contributed by atoms with Gasteiger partial charge < -0.3 is 19.4 Å². The van der Waals surface area contributed by atoms with Gasteiger partial charge in [-0.2, -0.15) is 0 Å². The standard InChI is InChI=1S/C21H29N3O3/c1-14-10-17(15(2)23(3)21(14)25)16-11-19(26-4)18(20(12-16)27-5)13-24-8-6-22-7-9-24/h10-12,22H,6-9,13H2,1-5H3. The number of rotatable bonds is 5. The molecule has 1 aliphatic heterocycles. The van der Waals surface area contributed by atoms with E-state index in [4.69, 9.17) is 9.47 Å². The molecular formula is C21H29N3O3. The number of hydrogen-bond acceptors (Lipinski definition) is 5. The molecule has 1 saturated heterocycles. The molecular weight excluding hydrogens is 342 g/mol. The molecule has 1 aromatic heterocycles. The fourth-order valence-corrected chi connectivity index (χ4v) is 3.66. The molecule has 0 aliphatic carbocycles. The summed E-state index contributed by atoms with van der Waals surface area (Å²) in [5.74, 6) is 1.63. The minimum absolute atomic E-state index is 0.0329. The van der Waals surface area contributed by atoms with E-state index in [9.17, 15) is 4.79 Å². The monoisotopic (exact) mass is 371 g/mol. The number of pyridine rings is 1. The van der Waals surface area contributed by atoms with Crippen LogP contribution < -0.4 is 20.3 Å². The largest absolute Gasteiger partial charge is 0.496 e. The van der Waals surface area contributed by atoms with Gasteiger partial charge in [-0.05, 0) is 37.6 Å². The number of nitrogens with zero attached hydrogens (tertiary/aromatic N) is 2. The quantitative estimate of drug-likeness (QED) is 0.872. The molecule has 0 atom stereocenters. The Bertz CT molecular complexity index is 858. The summed E-state index contributed by atoms with van der Waals surface area (Å²) in [7, 11) is 5.19. The van der Waals surface area contributed by atoms with Crippen molar-refractivity contribution >= 4 is 0 Å². The molecule has 1 N–H and O–H groups in total. The predicted octanol–water partition coefficient (Wildman–Crippen LogP) is 2.09. The van der Waals surface area contributed by atoms with Crippen LogP contribution in [0.4, 0.5) is 0 Å². The van der Waals surface area contributed by atoms with E-state index in [1.807, 2.05) is 32.0 Å². The van der Waals surface area contributed by atoms with Crippen LogP contribution in [0.1, 0.15) is 16.8 Å². The van der Waals surface area contributed by atoms with Crippen LogP contribution in [0.15, 0.2) is 23.0 Å². The van der Waals surface area contributed by atoms with Gasteiger partial charge in [-0.25, -0.2) is 0 Å². The molecule has 2 aromatic rings. The van der Waals surface area contributed by atoms with E-state index >= 15 is 0 Å². The van der Waals surface area contributed by atoms with E-state index in [2.05, 4.69) is 10.2 Å². The number of ether oxygens (including phenoxy) is 2. The van der Waals surface area contributed by atoms with Crippen molar-refractivity contribution in [1.82, 2.24) is 14.8 Å². The summed E-state index contributed by atoms with van der Waals surface area (Å²) in [6.07, 6.45) is 0. The second-order valence-corrected chi connectivity index (χ2v) is 7.08. The van der Waals surface area contributed by atoms with Gasteiger partial charge in [0.2, 0.25) is 0 Å². The summed E-state index contributed by atoms with van der Waals surface area (Å²) >= 11 is 0. The third kappa shape index (κ3) is 3.87. The van der Waals surface area contributed by atoms with E-state index in [0.717, 1.165) is 72.2 Å². The zero-order valence-corrected chi connectivity index (χ0v) is 16.9. The van der Waals surface area contributed by atoms with Gasteiger partial charge in [0.05, 0.1) is 19.8 Å². The molecule has 0 bridgehead atoms. The van der Waals surface area contributed by atoms with Crippen LogP contribution in [0.2, 0.25) is 0 Å². The minimum atomic E-state index is 0.0329. The van der Waals surface area contributed by atoms with Crippen molar-refractivity contribution in [1.29, 1.82) is 0 Å². The van der Waals surface area contributed by atoms with Gasteiger partial charge in [0.25, 0.3) is 5.56 Å². The number of piperazine rings is 1. The Hall–Kier alpha value is -2.31. The second-order valence-electron chi connectivity index (χ2n) is 7.08. The first-order valence-corrected chi connectivity index (χ1v) is 9.31. The average molecular weight is 371 g/mol. The zero-order chi connectivity index (χ0) is 19.6. The van der Waals surface area contributed by atoms with E-state index in [1.165, 1.54) is 0 Å². The molecule has 3 rings (SSSR count). The van der Waals surface area contributed by atoms with Gasteiger partial charge in [0, 0.05) is 56.6 Å². The predicted molar refractivity (Wildman–Crippen MR) is 108 cm³/mol. The van der Waals surface area contributed by atoms with Crippen LogP contribution in [0, 0.1) is 13.8 Å². The molecule has 0 unspecified atom stereocenters. The molecule has 146 valence electrons. The zero-order valence-electron chi connectivity index (χ0n) is 16.9. The maximum atomic E-state index is 12.2. The highest BCUT2D eigenvalue weighted by atomic mass is 16.5. The molecule has 0 spiro atoms. The molecule has 6 nitrogen and oxygen atoms in total. The van der Waals surface area contributed by atoms with Gasteiger partial charge in [-0.3, -0.25) is 9.69 Å². The Morgan fingerprint density at radius 3 is 2.19 bits per heavy atom. The van der Waals surface area contributed by atoms with E-state index in [0.29, 0.717) is 0 Å². The molecule has 0 radical (unpaired) electrons. The summed E-state index contributed by atoms with van der Waals surface area (Å²) in [6, 6.07) is 6.04. The van der Waals surface area contributed by atoms with Crippen molar-refractivity contribution < 1.29 is 9.47 Å². The van der Waals surface area contributed by atoms with Crippen molar-refractivity contribution in [3.8, 4) is 22.6 Å². The summed E-state index contributed by atoms with van der Waals surface area (Å²) in [5.41, 5.74) is 4.74. The number of benzene rings is 1. The smallest absolute Gasteiger partial charge is 0.253 e. The first-order valence-electron chi connectivity index (χ1n) is 9.31. The van der Waals surface area contributed by atoms with Crippen LogP contribution in [0.5, 0.6) is 11.5 Å². The fourth-order valence-electron chi connectivity index (χ4n) is 3.66.